The molecule has 3 heterocycles. The number of allylic oxidation sites excluding steroid dienone is 7. The summed E-state index contributed by atoms with van der Waals surface area (Å²) < 4.78 is 9.30. The predicted octanol–water partition coefficient (Wildman–Crippen LogP) is 6.80. The number of nitrogens with one attached hydrogen (secondary N) is 1. The van der Waals surface area contributed by atoms with Crippen LogP contribution in [0.3, 0.4) is 0 Å². The lowest BCUT2D eigenvalue weighted by Gasteiger charge is -2.30. The van der Waals surface area contributed by atoms with E-state index in [2.05, 4.69) is 77.2 Å². The molecule has 0 radical (unpaired) electrons. The third-order valence-corrected chi connectivity index (χ3v) is 8.09. The minimum Gasteiger partial charge on any atom is -0.483 e. The number of aromatic amines is 1. The lowest BCUT2D eigenvalue weighted by Crippen LogP contribution is -2.22. The van der Waals surface area contributed by atoms with Gasteiger partial charge in [-0.25, -0.2) is 0 Å². The van der Waals surface area contributed by atoms with E-state index in [4.69, 9.17) is 4.74 Å². The molecule has 4 atom stereocenters. The molecule has 168 valence electrons. The Kier molecular flexibility index (Phi) is 4.29. The van der Waals surface area contributed by atoms with Crippen LogP contribution < -0.4 is 0 Å². The first-order valence-electron chi connectivity index (χ1n) is 12.4. The standard InChI is InChI=1S/C30H27N3O/c1-18-6-4-11-26-27(18)24-13-12-23-22-9-2-3-10-25(22)33(29(23)30(24)34-26)21-8-5-7-19(16-21)28-20(17-31)14-15-32-28/h2,4-5,7-9,11-15,18,21,24,30,32H,3,6,10,16H2,1H3/t18?,21-,24?,30?/m0/s1. The van der Waals surface area contributed by atoms with Crippen molar-refractivity contribution in [2.24, 2.45) is 11.8 Å². The second-order valence-electron chi connectivity index (χ2n) is 9.98. The van der Waals surface area contributed by atoms with Gasteiger partial charge in [-0.2, -0.15) is 5.26 Å². The molecular weight excluding hydrogens is 418 g/mol. The van der Waals surface area contributed by atoms with E-state index in [0.717, 1.165) is 37.1 Å². The Morgan fingerprint density at radius 2 is 2.09 bits per heavy atom. The fourth-order valence-electron chi connectivity index (χ4n) is 6.61. The summed E-state index contributed by atoms with van der Waals surface area (Å²) in [6.45, 7) is 2.32. The van der Waals surface area contributed by atoms with Crippen molar-refractivity contribution in [2.75, 3.05) is 0 Å². The summed E-state index contributed by atoms with van der Waals surface area (Å²) in [7, 11) is 0. The highest BCUT2D eigenvalue weighted by Gasteiger charge is 2.44. The molecule has 0 saturated carbocycles. The molecule has 0 bridgehead atoms. The molecule has 5 aliphatic rings. The number of hydrogen-bond acceptors (Lipinski definition) is 2. The van der Waals surface area contributed by atoms with Gasteiger partial charge in [-0.15, -0.1) is 0 Å². The van der Waals surface area contributed by atoms with Crippen LogP contribution in [0.1, 0.15) is 72.1 Å². The Hall–Kier alpha value is -3.71. The topological polar surface area (TPSA) is 53.7 Å². The summed E-state index contributed by atoms with van der Waals surface area (Å²) in [6, 6.07) is 4.39. The SMILES string of the molecule is CC1CC=CC2=C1C1C=Cc3c4c(n([C@H]5C=CC=C(c6[nH]ccc6C#N)C5)c3C1O2)CCC=C4. The largest absolute Gasteiger partial charge is 0.483 e. The average Bonchev–Trinajstić information content (AvgIpc) is 3.58. The van der Waals surface area contributed by atoms with Gasteiger partial charge in [0.25, 0.3) is 0 Å². The maximum Gasteiger partial charge on any atom is 0.149 e. The van der Waals surface area contributed by atoms with Gasteiger partial charge in [-0.1, -0.05) is 55.5 Å². The molecule has 0 amide bonds. The third-order valence-electron chi connectivity index (χ3n) is 8.09. The van der Waals surface area contributed by atoms with E-state index in [0.29, 0.717) is 17.4 Å². The third kappa shape index (κ3) is 2.70. The number of nitriles is 1. The minimum atomic E-state index is 0.0251. The van der Waals surface area contributed by atoms with Gasteiger partial charge in [0.15, 0.2) is 0 Å². The number of ether oxygens (including phenoxy) is 1. The zero-order valence-electron chi connectivity index (χ0n) is 19.3. The van der Waals surface area contributed by atoms with Crippen molar-refractivity contribution in [1.29, 1.82) is 5.26 Å². The van der Waals surface area contributed by atoms with Crippen molar-refractivity contribution in [1.82, 2.24) is 9.55 Å². The van der Waals surface area contributed by atoms with Crippen LogP contribution in [-0.2, 0) is 11.2 Å². The van der Waals surface area contributed by atoms with Crippen LogP contribution in [0.2, 0.25) is 0 Å². The van der Waals surface area contributed by atoms with Crippen LogP contribution in [0, 0.1) is 23.2 Å². The zero-order valence-corrected chi connectivity index (χ0v) is 19.3. The molecule has 2 aromatic rings. The lowest BCUT2D eigenvalue weighted by molar-refractivity contribution is 0.123. The second kappa shape index (κ2) is 7.40. The Morgan fingerprint density at radius 3 is 3.00 bits per heavy atom. The van der Waals surface area contributed by atoms with Crippen LogP contribution in [0.25, 0.3) is 17.7 Å². The van der Waals surface area contributed by atoms with Crippen molar-refractivity contribution in [3.8, 4) is 6.07 Å². The van der Waals surface area contributed by atoms with Crippen molar-refractivity contribution in [2.45, 2.75) is 44.8 Å². The van der Waals surface area contributed by atoms with Gasteiger partial charge in [0.1, 0.15) is 17.9 Å². The molecule has 0 spiro atoms. The Labute approximate surface area is 199 Å². The van der Waals surface area contributed by atoms with Crippen molar-refractivity contribution >= 4 is 17.7 Å². The molecule has 7 rings (SSSR count). The van der Waals surface area contributed by atoms with E-state index < -0.39 is 0 Å². The first-order chi connectivity index (χ1) is 16.7. The number of rotatable bonds is 2. The fraction of sp³-hybridized carbons (Fsp3) is 0.300. The van der Waals surface area contributed by atoms with Gasteiger partial charge in [-0.05, 0) is 54.9 Å². The van der Waals surface area contributed by atoms with Crippen LogP contribution in [-0.4, -0.2) is 9.55 Å². The van der Waals surface area contributed by atoms with E-state index in [1.54, 1.807) is 0 Å². The molecule has 1 N–H and O–H groups in total. The minimum absolute atomic E-state index is 0.0251. The number of nitrogens with zero attached hydrogens (tertiary/aromatic N) is 2. The molecule has 34 heavy (non-hydrogen) atoms. The van der Waals surface area contributed by atoms with E-state index >= 15 is 0 Å². The molecule has 4 heteroatoms. The van der Waals surface area contributed by atoms with Crippen LogP contribution in [0.4, 0.5) is 0 Å². The highest BCUT2D eigenvalue weighted by Crippen LogP contribution is 2.53. The van der Waals surface area contributed by atoms with Gasteiger partial charge >= 0.3 is 0 Å². The fourth-order valence-corrected chi connectivity index (χ4v) is 6.61. The number of fused-ring (bicyclic) bond motifs is 6. The molecule has 0 aromatic carbocycles. The van der Waals surface area contributed by atoms with E-state index in [9.17, 15) is 5.26 Å². The zero-order chi connectivity index (χ0) is 22.8. The maximum absolute atomic E-state index is 9.57. The van der Waals surface area contributed by atoms with Gasteiger partial charge in [-0.3, -0.25) is 0 Å². The second-order valence-corrected chi connectivity index (χ2v) is 9.98. The van der Waals surface area contributed by atoms with E-state index in [1.165, 1.54) is 33.7 Å². The number of hydrogen-bond donors (Lipinski definition) is 1. The summed E-state index contributed by atoms with van der Waals surface area (Å²) in [5.41, 5.74) is 9.71. The van der Waals surface area contributed by atoms with Crippen LogP contribution in [0.5, 0.6) is 0 Å². The molecule has 1 aliphatic heterocycles. The predicted molar refractivity (Wildman–Crippen MR) is 134 cm³/mol. The highest BCUT2D eigenvalue weighted by atomic mass is 16.5. The molecule has 2 aromatic heterocycles. The number of H-pyrrole nitrogens is 1. The lowest BCUT2D eigenvalue weighted by atomic mass is 9.78. The summed E-state index contributed by atoms with van der Waals surface area (Å²) in [6.07, 6.45) is 26.3. The van der Waals surface area contributed by atoms with Crippen LogP contribution in [0.15, 0.2) is 66.1 Å². The number of aromatic nitrogens is 2. The summed E-state index contributed by atoms with van der Waals surface area (Å²) in [5, 5.41) is 9.57. The average molecular weight is 446 g/mol. The molecule has 0 saturated heterocycles. The normalized spacial score (nSPS) is 28.1. The van der Waals surface area contributed by atoms with Crippen molar-refractivity contribution in [3.05, 3.63) is 99.9 Å². The molecule has 4 nitrogen and oxygen atoms in total. The molecular formula is C30H27N3O. The molecule has 0 fully saturated rings. The Bertz CT molecular complexity index is 1430. The molecule has 4 aliphatic carbocycles. The Balaban J connectivity index is 1.34. The van der Waals surface area contributed by atoms with E-state index in [-0.39, 0.29) is 12.1 Å². The Morgan fingerprint density at radius 1 is 1.15 bits per heavy atom. The monoisotopic (exact) mass is 445 g/mol. The van der Waals surface area contributed by atoms with Crippen LogP contribution >= 0.6 is 0 Å². The maximum atomic E-state index is 9.57. The summed E-state index contributed by atoms with van der Waals surface area (Å²) in [5.74, 6) is 1.90. The van der Waals surface area contributed by atoms with E-state index in [1.807, 2.05) is 12.3 Å². The van der Waals surface area contributed by atoms with Crippen molar-refractivity contribution in [3.63, 3.8) is 0 Å². The van der Waals surface area contributed by atoms with Crippen molar-refractivity contribution < 1.29 is 4.74 Å². The first-order valence-corrected chi connectivity index (χ1v) is 12.4. The summed E-state index contributed by atoms with van der Waals surface area (Å²) >= 11 is 0. The molecule has 3 unspecified atom stereocenters. The quantitative estimate of drug-likeness (QED) is 0.553. The van der Waals surface area contributed by atoms with Gasteiger partial charge in [0.2, 0.25) is 0 Å². The van der Waals surface area contributed by atoms with Gasteiger partial charge < -0.3 is 14.3 Å². The van der Waals surface area contributed by atoms with Gasteiger partial charge in [0, 0.05) is 28.9 Å². The smallest absolute Gasteiger partial charge is 0.149 e. The van der Waals surface area contributed by atoms with Gasteiger partial charge in [0.05, 0.1) is 23.0 Å². The first kappa shape index (κ1) is 19.7. The summed E-state index contributed by atoms with van der Waals surface area (Å²) in [4.78, 5) is 3.30. The highest BCUT2D eigenvalue weighted by molar-refractivity contribution is 5.75.